The van der Waals surface area contributed by atoms with Gasteiger partial charge in [-0.3, -0.25) is 0 Å². The van der Waals surface area contributed by atoms with Crippen LogP contribution in [-0.2, 0) is 0 Å². The normalized spacial score (nSPS) is 12.6. The van der Waals surface area contributed by atoms with Crippen molar-refractivity contribution in [3.63, 3.8) is 0 Å². The molecule has 0 saturated carbocycles. The van der Waals surface area contributed by atoms with E-state index in [4.69, 9.17) is 0 Å². The molecule has 0 spiro atoms. The average Bonchev–Trinajstić information content (AvgIpc) is 2.85. The molecule has 0 aliphatic heterocycles. The number of benzene rings is 1. The van der Waals surface area contributed by atoms with Crippen LogP contribution in [0.15, 0.2) is 29.6 Å². The highest BCUT2D eigenvalue weighted by Crippen LogP contribution is 2.30. The van der Waals surface area contributed by atoms with Crippen molar-refractivity contribution >= 4 is 11.3 Å². The van der Waals surface area contributed by atoms with E-state index in [1.807, 2.05) is 31.4 Å². The molecular formula is C16H20FNS. The Morgan fingerprint density at radius 1 is 1.32 bits per heavy atom. The first-order valence-electron chi connectivity index (χ1n) is 6.67. The third-order valence-corrected chi connectivity index (χ3v) is 4.13. The molecule has 0 aliphatic rings. The van der Waals surface area contributed by atoms with Crippen LogP contribution in [0.5, 0.6) is 0 Å². The van der Waals surface area contributed by atoms with Gasteiger partial charge >= 0.3 is 0 Å². The van der Waals surface area contributed by atoms with Crippen molar-refractivity contribution in [2.24, 2.45) is 0 Å². The Labute approximate surface area is 118 Å². The van der Waals surface area contributed by atoms with Gasteiger partial charge in [-0.2, -0.15) is 0 Å². The molecule has 0 aliphatic carbocycles. The lowest BCUT2D eigenvalue weighted by molar-refractivity contribution is 0.547. The number of rotatable bonds is 5. The van der Waals surface area contributed by atoms with Gasteiger partial charge < -0.3 is 5.32 Å². The van der Waals surface area contributed by atoms with Crippen LogP contribution >= 0.6 is 11.3 Å². The Bertz CT molecular complexity index is 511. The van der Waals surface area contributed by atoms with Crippen LogP contribution in [0.25, 0.3) is 0 Å². The van der Waals surface area contributed by atoms with Gasteiger partial charge in [-0.25, -0.2) is 4.39 Å². The summed E-state index contributed by atoms with van der Waals surface area (Å²) in [5.41, 5.74) is 2.76. The van der Waals surface area contributed by atoms with Crippen molar-refractivity contribution in [3.05, 3.63) is 57.0 Å². The van der Waals surface area contributed by atoms with Crippen LogP contribution in [0.4, 0.5) is 4.39 Å². The lowest BCUT2D eigenvalue weighted by Gasteiger charge is -2.21. The Morgan fingerprint density at radius 3 is 2.68 bits per heavy atom. The smallest absolute Gasteiger partial charge is 0.128 e. The lowest BCUT2D eigenvalue weighted by Crippen LogP contribution is -2.24. The summed E-state index contributed by atoms with van der Waals surface area (Å²) < 4.78 is 14.3. The highest BCUT2D eigenvalue weighted by molar-refractivity contribution is 7.10. The molecule has 2 aromatic rings. The minimum Gasteiger partial charge on any atom is -0.306 e. The summed E-state index contributed by atoms with van der Waals surface area (Å²) in [7, 11) is 0. The zero-order chi connectivity index (χ0) is 13.8. The van der Waals surface area contributed by atoms with Crippen LogP contribution in [0.3, 0.4) is 0 Å². The number of nitrogens with one attached hydrogen (secondary N) is 1. The molecule has 0 saturated heterocycles. The second-order valence-corrected chi connectivity index (χ2v) is 5.86. The summed E-state index contributed by atoms with van der Waals surface area (Å²) in [6.07, 6.45) is 1.04. The number of hydrogen-bond donors (Lipinski definition) is 1. The number of halogens is 1. The van der Waals surface area contributed by atoms with E-state index >= 15 is 0 Å². The van der Waals surface area contributed by atoms with Gasteiger partial charge in [-0.15, -0.1) is 11.3 Å². The summed E-state index contributed by atoms with van der Waals surface area (Å²) in [5.74, 6) is -0.112. The van der Waals surface area contributed by atoms with E-state index < -0.39 is 0 Å². The van der Waals surface area contributed by atoms with Gasteiger partial charge in [0.05, 0.1) is 6.04 Å². The minimum atomic E-state index is -0.112. The van der Waals surface area contributed by atoms with E-state index in [0.29, 0.717) is 0 Å². The number of thiophene rings is 1. The predicted molar refractivity (Wildman–Crippen MR) is 80.3 cm³/mol. The highest BCUT2D eigenvalue weighted by Gasteiger charge is 2.20. The van der Waals surface area contributed by atoms with Gasteiger partial charge in [-0.1, -0.05) is 19.1 Å². The van der Waals surface area contributed by atoms with Crippen LogP contribution in [0.2, 0.25) is 0 Å². The first kappa shape index (κ1) is 14.2. The summed E-state index contributed by atoms with van der Waals surface area (Å²) in [6, 6.07) is 7.71. The van der Waals surface area contributed by atoms with Crippen LogP contribution in [0, 0.1) is 19.7 Å². The fraction of sp³-hybridized carbons (Fsp3) is 0.375. The molecule has 1 N–H and O–H groups in total. The molecule has 1 heterocycles. The summed E-state index contributed by atoms with van der Waals surface area (Å²) >= 11 is 1.67. The van der Waals surface area contributed by atoms with Crippen molar-refractivity contribution in [2.75, 3.05) is 6.54 Å². The Kier molecular flexibility index (Phi) is 4.72. The zero-order valence-electron chi connectivity index (χ0n) is 11.7. The third kappa shape index (κ3) is 3.23. The van der Waals surface area contributed by atoms with Gasteiger partial charge in [0, 0.05) is 10.4 Å². The predicted octanol–water partition coefficient (Wildman–Crippen LogP) is 4.59. The molecule has 0 radical (unpaired) electrons. The van der Waals surface area contributed by atoms with Crippen molar-refractivity contribution in [2.45, 2.75) is 33.2 Å². The van der Waals surface area contributed by atoms with Gasteiger partial charge in [0.25, 0.3) is 0 Å². The quantitative estimate of drug-likeness (QED) is 0.842. The Balaban J connectivity index is 2.44. The minimum absolute atomic E-state index is 0.0412. The van der Waals surface area contributed by atoms with Crippen molar-refractivity contribution < 1.29 is 4.39 Å². The van der Waals surface area contributed by atoms with Gasteiger partial charge in [0.15, 0.2) is 0 Å². The maximum Gasteiger partial charge on any atom is 0.128 e. The second kappa shape index (κ2) is 6.31. The maximum atomic E-state index is 14.3. The largest absolute Gasteiger partial charge is 0.306 e. The van der Waals surface area contributed by atoms with Crippen LogP contribution < -0.4 is 5.32 Å². The summed E-state index contributed by atoms with van der Waals surface area (Å²) in [4.78, 5) is 1.17. The molecule has 0 bridgehead atoms. The van der Waals surface area contributed by atoms with Gasteiger partial charge in [0.2, 0.25) is 0 Å². The van der Waals surface area contributed by atoms with E-state index in [1.165, 1.54) is 4.88 Å². The molecule has 102 valence electrons. The Hall–Kier alpha value is -1.19. The molecule has 1 atom stereocenters. The molecule has 0 fully saturated rings. The molecule has 1 aromatic heterocycles. The lowest BCUT2D eigenvalue weighted by atomic mass is 9.97. The standard InChI is InChI=1S/C16H20FNS/c1-4-7-18-16(14-6-5-8-19-14)15-12(3)9-11(2)10-13(15)17/h5-6,8-10,16,18H,4,7H2,1-3H3. The highest BCUT2D eigenvalue weighted by atomic mass is 32.1. The molecular weight excluding hydrogens is 257 g/mol. The van der Waals surface area contributed by atoms with E-state index in [0.717, 1.165) is 29.7 Å². The maximum absolute atomic E-state index is 14.3. The molecule has 1 aromatic carbocycles. The second-order valence-electron chi connectivity index (χ2n) is 4.88. The Morgan fingerprint density at radius 2 is 2.11 bits per heavy atom. The van der Waals surface area contributed by atoms with E-state index in [1.54, 1.807) is 17.4 Å². The van der Waals surface area contributed by atoms with Crippen LogP contribution in [-0.4, -0.2) is 6.54 Å². The fourth-order valence-electron chi connectivity index (χ4n) is 2.38. The topological polar surface area (TPSA) is 12.0 Å². The fourth-order valence-corrected chi connectivity index (χ4v) is 3.19. The van der Waals surface area contributed by atoms with E-state index in [9.17, 15) is 4.39 Å². The number of hydrogen-bond acceptors (Lipinski definition) is 2. The first-order valence-corrected chi connectivity index (χ1v) is 7.55. The van der Waals surface area contributed by atoms with Gasteiger partial charge in [-0.05, 0) is 55.5 Å². The average molecular weight is 277 g/mol. The van der Waals surface area contributed by atoms with Crippen molar-refractivity contribution in [1.29, 1.82) is 0 Å². The zero-order valence-corrected chi connectivity index (χ0v) is 12.5. The molecule has 2 rings (SSSR count). The van der Waals surface area contributed by atoms with Crippen molar-refractivity contribution in [3.8, 4) is 0 Å². The molecule has 1 unspecified atom stereocenters. The van der Waals surface area contributed by atoms with E-state index in [2.05, 4.69) is 18.3 Å². The molecule has 0 amide bonds. The van der Waals surface area contributed by atoms with Gasteiger partial charge in [0.1, 0.15) is 5.82 Å². The summed E-state index contributed by atoms with van der Waals surface area (Å²) in [5, 5.41) is 5.50. The molecule has 19 heavy (non-hydrogen) atoms. The first-order chi connectivity index (χ1) is 9.13. The monoisotopic (exact) mass is 277 g/mol. The number of aryl methyl sites for hydroxylation is 2. The molecule has 1 nitrogen and oxygen atoms in total. The third-order valence-electron chi connectivity index (χ3n) is 3.20. The van der Waals surface area contributed by atoms with Crippen molar-refractivity contribution in [1.82, 2.24) is 5.32 Å². The van der Waals surface area contributed by atoms with Crippen LogP contribution in [0.1, 0.15) is 41.0 Å². The molecule has 3 heteroatoms. The summed E-state index contributed by atoms with van der Waals surface area (Å²) in [6.45, 7) is 6.92. The van der Waals surface area contributed by atoms with E-state index in [-0.39, 0.29) is 11.9 Å². The SMILES string of the molecule is CCCNC(c1cccs1)c1c(C)cc(C)cc1F.